The number of hydrogen-bond acceptors (Lipinski definition) is 3. The van der Waals surface area contributed by atoms with Crippen LogP contribution in [0.3, 0.4) is 0 Å². The summed E-state index contributed by atoms with van der Waals surface area (Å²) < 4.78 is 0. The first-order valence-electron chi connectivity index (χ1n) is 6.96. The molecule has 4 N–H and O–H groups in total. The summed E-state index contributed by atoms with van der Waals surface area (Å²) >= 11 is 0. The summed E-state index contributed by atoms with van der Waals surface area (Å²) in [6.45, 7) is 2.01. The van der Waals surface area contributed by atoms with Crippen molar-refractivity contribution in [3.63, 3.8) is 0 Å². The summed E-state index contributed by atoms with van der Waals surface area (Å²) in [4.78, 5) is 23.1. The maximum atomic E-state index is 11.6. The molecule has 0 aromatic rings. The van der Waals surface area contributed by atoms with Crippen LogP contribution in [-0.4, -0.2) is 30.4 Å². The summed E-state index contributed by atoms with van der Waals surface area (Å²) in [5, 5.41) is 5.53. The average Bonchev–Trinajstić information content (AvgIpc) is 2.37. The Morgan fingerprint density at radius 3 is 2.56 bits per heavy atom. The van der Waals surface area contributed by atoms with Crippen LogP contribution in [-0.2, 0) is 9.59 Å². The fourth-order valence-corrected chi connectivity index (χ4v) is 2.27. The molecular formula is C13H25N3O2. The largest absolute Gasteiger partial charge is 0.352 e. The normalized spacial score (nSPS) is 18.1. The van der Waals surface area contributed by atoms with Gasteiger partial charge in [0.05, 0.1) is 12.6 Å². The molecule has 0 aliphatic heterocycles. The van der Waals surface area contributed by atoms with Crippen LogP contribution in [0, 0.1) is 0 Å². The molecule has 5 heteroatoms. The lowest BCUT2D eigenvalue weighted by Gasteiger charge is -2.23. The number of carbonyl (C=O) groups is 2. The van der Waals surface area contributed by atoms with Gasteiger partial charge < -0.3 is 16.4 Å². The second-order valence-corrected chi connectivity index (χ2v) is 5.02. The van der Waals surface area contributed by atoms with Gasteiger partial charge in [-0.25, -0.2) is 0 Å². The fraction of sp³-hybridized carbons (Fsp3) is 0.846. The van der Waals surface area contributed by atoms with Crippen LogP contribution in [0.4, 0.5) is 0 Å². The van der Waals surface area contributed by atoms with Crippen LogP contribution in [0.5, 0.6) is 0 Å². The minimum absolute atomic E-state index is 0.0345. The van der Waals surface area contributed by atoms with E-state index in [1.807, 2.05) is 6.92 Å². The molecule has 1 unspecified atom stereocenters. The number of hydrogen-bond donors (Lipinski definition) is 3. The third-order valence-corrected chi connectivity index (χ3v) is 3.33. The monoisotopic (exact) mass is 255 g/mol. The maximum absolute atomic E-state index is 11.6. The summed E-state index contributed by atoms with van der Waals surface area (Å²) in [6, 6.07) is -0.218. The zero-order chi connectivity index (χ0) is 13.4. The van der Waals surface area contributed by atoms with Gasteiger partial charge in [-0.15, -0.1) is 0 Å². The standard InChI is InChI=1S/C13H25N3O2/c1-2-6-11(14)13(18)15-9-12(17)16-10-7-4-3-5-8-10/h10-11H,2-9,14H2,1H3,(H,15,18)(H,16,17). The number of rotatable bonds is 6. The average molecular weight is 255 g/mol. The van der Waals surface area contributed by atoms with Crippen molar-refractivity contribution in [2.75, 3.05) is 6.54 Å². The number of nitrogens with one attached hydrogen (secondary N) is 2. The van der Waals surface area contributed by atoms with Gasteiger partial charge in [0.2, 0.25) is 11.8 Å². The van der Waals surface area contributed by atoms with Gasteiger partial charge in [-0.05, 0) is 19.3 Å². The Hall–Kier alpha value is -1.10. The van der Waals surface area contributed by atoms with Crippen LogP contribution < -0.4 is 16.4 Å². The molecule has 1 aliphatic rings. The Bertz CT molecular complexity index is 275. The van der Waals surface area contributed by atoms with Crippen molar-refractivity contribution in [3.05, 3.63) is 0 Å². The quantitative estimate of drug-likeness (QED) is 0.652. The van der Waals surface area contributed by atoms with Gasteiger partial charge in [-0.3, -0.25) is 9.59 Å². The van der Waals surface area contributed by atoms with Crippen LogP contribution in [0.1, 0.15) is 51.9 Å². The SMILES string of the molecule is CCCC(N)C(=O)NCC(=O)NC1CCCCC1. The minimum atomic E-state index is -0.502. The Labute approximate surface area is 109 Å². The Morgan fingerprint density at radius 2 is 1.94 bits per heavy atom. The zero-order valence-electron chi connectivity index (χ0n) is 11.2. The molecule has 1 rings (SSSR count). The van der Waals surface area contributed by atoms with E-state index in [4.69, 9.17) is 5.73 Å². The molecule has 104 valence electrons. The third-order valence-electron chi connectivity index (χ3n) is 3.33. The zero-order valence-corrected chi connectivity index (χ0v) is 11.2. The first-order chi connectivity index (χ1) is 8.63. The van der Waals surface area contributed by atoms with E-state index in [9.17, 15) is 9.59 Å². The van der Waals surface area contributed by atoms with Crippen molar-refractivity contribution in [1.29, 1.82) is 0 Å². The van der Waals surface area contributed by atoms with Gasteiger partial charge in [0.25, 0.3) is 0 Å². The Morgan fingerprint density at radius 1 is 1.28 bits per heavy atom. The molecular weight excluding hydrogens is 230 g/mol. The van der Waals surface area contributed by atoms with Crippen molar-refractivity contribution in [1.82, 2.24) is 10.6 Å². The molecule has 5 nitrogen and oxygen atoms in total. The van der Waals surface area contributed by atoms with Crippen molar-refractivity contribution < 1.29 is 9.59 Å². The molecule has 1 atom stereocenters. The van der Waals surface area contributed by atoms with Gasteiger partial charge >= 0.3 is 0 Å². The molecule has 1 saturated carbocycles. The van der Waals surface area contributed by atoms with Gasteiger partial charge in [0.1, 0.15) is 0 Å². The van der Waals surface area contributed by atoms with Crippen molar-refractivity contribution in [2.45, 2.75) is 64.0 Å². The molecule has 0 heterocycles. The third kappa shape index (κ3) is 5.49. The molecule has 0 saturated heterocycles. The lowest BCUT2D eigenvalue weighted by molar-refractivity contribution is -0.127. The van der Waals surface area contributed by atoms with Gasteiger partial charge in [-0.1, -0.05) is 32.6 Å². The molecule has 0 spiro atoms. The summed E-state index contributed by atoms with van der Waals surface area (Å²) in [6.07, 6.45) is 7.23. The predicted octanol–water partition coefficient (Wildman–Crippen LogP) is 0.679. The van der Waals surface area contributed by atoms with E-state index in [1.165, 1.54) is 19.3 Å². The van der Waals surface area contributed by atoms with E-state index in [2.05, 4.69) is 10.6 Å². The highest BCUT2D eigenvalue weighted by molar-refractivity contribution is 5.87. The van der Waals surface area contributed by atoms with E-state index >= 15 is 0 Å². The topological polar surface area (TPSA) is 84.2 Å². The highest BCUT2D eigenvalue weighted by Gasteiger charge is 2.17. The van der Waals surface area contributed by atoms with E-state index in [0.717, 1.165) is 19.3 Å². The van der Waals surface area contributed by atoms with E-state index in [1.54, 1.807) is 0 Å². The van der Waals surface area contributed by atoms with E-state index in [0.29, 0.717) is 6.42 Å². The molecule has 2 amide bonds. The van der Waals surface area contributed by atoms with Crippen molar-refractivity contribution in [2.24, 2.45) is 5.73 Å². The molecule has 0 bridgehead atoms. The van der Waals surface area contributed by atoms with Crippen LogP contribution in [0.15, 0.2) is 0 Å². The molecule has 18 heavy (non-hydrogen) atoms. The lowest BCUT2D eigenvalue weighted by atomic mass is 9.95. The van der Waals surface area contributed by atoms with Crippen molar-refractivity contribution in [3.8, 4) is 0 Å². The Kier molecular flexibility index (Phi) is 6.72. The number of amides is 2. The maximum Gasteiger partial charge on any atom is 0.239 e. The molecule has 0 aromatic heterocycles. The highest BCUT2D eigenvalue weighted by atomic mass is 16.2. The van der Waals surface area contributed by atoms with Gasteiger partial charge in [0, 0.05) is 6.04 Å². The molecule has 1 fully saturated rings. The van der Waals surface area contributed by atoms with Gasteiger partial charge in [-0.2, -0.15) is 0 Å². The smallest absolute Gasteiger partial charge is 0.239 e. The number of carbonyl (C=O) groups excluding carboxylic acids is 2. The first-order valence-corrected chi connectivity index (χ1v) is 6.96. The fourth-order valence-electron chi connectivity index (χ4n) is 2.27. The molecule has 0 radical (unpaired) electrons. The predicted molar refractivity (Wildman–Crippen MR) is 70.9 cm³/mol. The second kappa shape index (κ2) is 8.08. The second-order valence-electron chi connectivity index (χ2n) is 5.02. The van der Waals surface area contributed by atoms with Crippen LogP contribution >= 0.6 is 0 Å². The van der Waals surface area contributed by atoms with E-state index in [-0.39, 0.29) is 24.4 Å². The lowest BCUT2D eigenvalue weighted by Crippen LogP contribution is -2.47. The summed E-state index contributed by atoms with van der Waals surface area (Å²) in [7, 11) is 0. The first kappa shape index (κ1) is 15.0. The minimum Gasteiger partial charge on any atom is -0.352 e. The Balaban J connectivity index is 2.17. The highest BCUT2D eigenvalue weighted by Crippen LogP contribution is 2.16. The van der Waals surface area contributed by atoms with Gasteiger partial charge in [0.15, 0.2) is 0 Å². The van der Waals surface area contributed by atoms with E-state index < -0.39 is 6.04 Å². The van der Waals surface area contributed by atoms with Crippen LogP contribution in [0.2, 0.25) is 0 Å². The van der Waals surface area contributed by atoms with Crippen LogP contribution in [0.25, 0.3) is 0 Å². The van der Waals surface area contributed by atoms with Crippen molar-refractivity contribution >= 4 is 11.8 Å². The molecule has 1 aliphatic carbocycles. The summed E-state index contributed by atoms with van der Waals surface area (Å²) in [5.74, 6) is -0.352. The number of nitrogens with two attached hydrogens (primary N) is 1. The molecule has 0 aromatic carbocycles. The summed E-state index contributed by atoms with van der Waals surface area (Å²) in [5.41, 5.74) is 5.65.